The zero-order valence-electron chi connectivity index (χ0n) is 8.45. The molecular formula is C11H7BrCl2N2O. The highest BCUT2D eigenvalue weighted by Gasteiger charge is 2.10. The van der Waals surface area contributed by atoms with Crippen LogP contribution in [0.3, 0.4) is 0 Å². The first-order valence-corrected chi connectivity index (χ1v) is 6.15. The van der Waals surface area contributed by atoms with Crippen LogP contribution in [0.4, 0.5) is 5.69 Å². The fourth-order valence-electron chi connectivity index (χ4n) is 1.18. The fraction of sp³-hybridized carbons (Fsp3) is 0. The van der Waals surface area contributed by atoms with Gasteiger partial charge >= 0.3 is 0 Å². The van der Waals surface area contributed by atoms with E-state index in [4.69, 9.17) is 33.7 Å². The number of hydrogen-bond acceptors (Lipinski definition) is 3. The summed E-state index contributed by atoms with van der Waals surface area (Å²) in [5.41, 5.74) is 6.15. The SMILES string of the molecule is Nc1cccnc1Oc1cc(Cl)c(Br)cc1Cl. The van der Waals surface area contributed by atoms with Crippen molar-refractivity contribution in [1.82, 2.24) is 4.98 Å². The van der Waals surface area contributed by atoms with Gasteiger partial charge < -0.3 is 10.5 Å². The van der Waals surface area contributed by atoms with E-state index >= 15 is 0 Å². The second-order valence-corrected chi connectivity index (χ2v) is 4.87. The first-order valence-electron chi connectivity index (χ1n) is 4.61. The number of aromatic nitrogens is 1. The maximum Gasteiger partial charge on any atom is 0.242 e. The summed E-state index contributed by atoms with van der Waals surface area (Å²) < 4.78 is 6.20. The van der Waals surface area contributed by atoms with E-state index in [1.54, 1.807) is 30.5 Å². The van der Waals surface area contributed by atoms with Crippen molar-refractivity contribution in [2.24, 2.45) is 0 Å². The Balaban J connectivity index is 2.37. The number of hydrogen-bond donors (Lipinski definition) is 1. The highest BCUT2D eigenvalue weighted by molar-refractivity contribution is 9.10. The maximum atomic E-state index is 6.02. The number of rotatable bonds is 2. The third-order valence-electron chi connectivity index (χ3n) is 1.98. The van der Waals surface area contributed by atoms with Crippen LogP contribution in [0.15, 0.2) is 34.9 Å². The van der Waals surface area contributed by atoms with Crippen LogP contribution in [0, 0.1) is 0 Å². The lowest BCUT2D eigenvalue weighted by molar-refractivity contribution is 0.466. The minimum absolute atomic E-state index is 0.299. The molecule has 0 aliphatic heterocycles. The molecule has 0 saturated heterocycles. The summed E-state index contributed by atoms with van der Waals surface area (Å²) in [7, 11) is 0. The van der Waals surface area contributed by atoms with Gasteiger partial charge in [0.05, 0.1) is 15.7 Å². The van der Waals surface area contributed by atoms with Crippen LogP contribution in [0.1, 0.15) is 0 Å². The van der Waals surface area contributed by atoms with Crippen molar-refractivity contribution >= 4 is 44.8 Å². The zero-order valence-corrected chi connectivity index (χ0v) is 11.6. The Morgan fingerprint density at radius 1 is 1.24 bits per heavy atom. The first kappa shape index (κ1) is 12.5. The number of nitrogen functional groups attached to an aromatic ring is 1. The maximum absolute atomic E-state index is 6.02. The van der Waals surface area contributed by atoms with Gasteiger partial charge in [0.2, 0.25) is 5.88 Å². The molecule has 2 rings (SSSR count). The monoisotopic (exact) mass is 332 g/mol. The van der Waals surface area contributed by atoms with Crippen molar-refractivity contribution in [3.05, 3.63) is 45.0 Å². The molecule has 1 aromatic heterocycles. The van der Waals surface area contributed by atoms with E-state index in [1.165, 1.54) is 0 Å². The Bertz CT molecular complexity index is 563. The standard InChI is InChI=1S/C11H7BrCl2N2O/c12-6-4-8(14)10(5-7(6)13)17-11-9(15)2-1-3-16-11/h1-5H,15H2. The van der Waals surface area contributed by atoms with Crippen molar-refractivity contribution in [3.63, 3.8) is 0 Å². The molecule has 3 nitrogen and oxygen atoms in total. The lowest BCUT2D eigenvalue weighted by atomic mass is 10.3. The van der Waals surface area contributed by atoms with Gasteiger partial charge in [-0.25, -0.2) is 4.98 Å². The lowest BCUT2D eigenvalue weighted by Crippen LogP contribution is -1.94. The lowest BCUT2D eigenvalue weighted by Gasteiger charge is -2.09. The van der Waals surface area contributed by atoms with Crippen LogP contribution < -0.4 is 10.5 Å². The predicted octanol–water partition coefficient (Wildman–Crippen LogP) is 4.53. The third kappa shape index (κ3) is 2.83. The van der Waals surface area contributed by atoms with E-state index in [9.17, 15) is 0 Å². The average Bonchev–Trinajstić information content (AvgIpc) is 2.29. The molecule has 6 heteroatoms. The summed E-state index contributed by atoms with van der Waals surface area (Å²) >= 11 is 15.2. The number of ether oxygens (including phenoxy) is 1. The summed E-state index contributed by atoms with van der Waals surface area (Å²) in [4.78, 5) is 4.01. The molecule has 0 fully saturated rings. The van der Waals surface area contributed by atoms with Crippen LogP contribution in [0.2, 0.25) is 10.0 Å². The van der Waals surface area contributed by atoms with Gasteiger partial charge in [-0.05, 0) is 34.1 Å². The second-order valence-electron chi connectivity index (χ2n) is 3.20. The third-order valence-corrected chi connectivity index (χ3v) is 3.47. The Hall–Kier alpha value is -0.970. The van der Waals surface area contributed by atoms with Crippen molar-refractivity contribution in [2.75, 3.05) is 5.73 Å². The number of halogens is 3. The van der Waals surface area contributed by atoms with Crippen LogP contribution in [-0.4, -0.2) is 4.98 Å². The van der Waals surface area contributed by atoms with Gasteiger partial charge in [0, 0.05) is 16.7 Å². The largest absolute Gasteiger partial charge is 0.435 e. The topological polar surface area (TPSA) is 48.1 Å². The van der Waals surface area contributed by atoms with Crippen molar-refractivity contribution in [2.45, 2.75) is 0 Å². The van der Waals surface area contributed by atoms with E-state index in [2.05, 4.69) is 20.9 Å². The molecule has 0 atom stereocenters. The van der Waals surface area contributed by atoms with Crippen molar-refractivity contribution in [1.29, 1.82) is 0 Å². The summed E-state index contributed by atoms with van der Waals surface area (Å²) in [5, 5.41) is 0.922. The normalized spacial score (nSPS) is 10.3. The quantitative estimate of drug-likeness (QED) is 0.821. The number of anilines is 1. The number of benzene rings is 1. The van der Waals surface area contributed by atoms with Gasteiger partial charge in [-0.1, -0.05) is 23.2 Å². The van der Waals surface area contributed by atoms with Crippen LogP contribution in [0.5, 0.6) is 11.6 Å². The Kier molecular flexibility index (Phi) is 3.76. The number of nitrogens with zero attached hydrogens (tertiary/aromatic N) is 1. The zero-order chi connectivity index (χ0) is 12.4. The summed E-state index contributed by atoms with van der Waals surface area (Å²) in [5.74, 6) is 0.707. The molecule has 0 aliphatic rings. The molecule has 0 aliphatic carbocycles. The van der Waals surface area contributed by atoms with Gasteiger partial charge in [0.1, 0.15) is 5.75 Å². The summed E-state index contributed by atoms with van der Waals surface area (Å²) in [6, 6.07) is 6.66. The number of nitrogens with two attached hydrogens (primary N) is 1. The van der Waals surface area contributed by atoms with Gasteiger partial charge in [0.25, 0.3) is 0 Å². The molecule has 0 radical (unpaired) electrons. The highest BCUT2D eigenvalue weighted by Crippen LogP contribution is 2.37. The van der Waals surface area contributed by atoms with Gasteiger partial charge in [-0.15, -0.1) is 0 Å². The molecule has 1 heterocycles. The van der Waals surface area contributed by atoms with Crippen LogP contribution >= 0.6 is 39.1 Å². The minimum atomic E-state index is 0.299. The van der Waals surface area contributed by atoms with E-state index in [0.29, 0.717) is 31.8 Å². The fourth-order valence-corrected chi connectivity index (χ4v) is 2.01. The molecular weight excluding hydrogens is 327 g/mol. The highest BCUT2D eigenvalue weighted by atomic mass is 79.9. The molecule has 1 aromatic carbocycles. The number of pyridine rings is 1. The Labute approximate surface area is 117 Å². The molecule has 2 N–H and O–H groups in total. The van der Waals surface area contributed by atoms with E-state index < -0.39 is 0 Å². The predicted molar refractivity (Wildman–Crippen MR) is 72.9 cm³/mol. The van der Waals surface area contributed by atoms with E-state index in [1.807, 2.05) is 0 Å². The average molecular weight is 334 g/mol. The Morgan fingerprint density at radius 3 is 2.71 bits per heavy atom. The minimum Gasteiger partial charge on any atom is -0.435 e. The van der Waals surface area contributed by atoms with Crippen molar-refractivity contribution < 1.29 is 4.74 Å². The second kappa shape index (κ2) is 5.12. The molecule has 0 saturated carbocycles. The van der Waals surface area contributed by atoms with Crippen LogP contribution in [-0.2, 0) is 0 Å². The molecule has 88 valence electrons. The van der Waals surface area contributed by atoms with E-state index in [0.717, 1.165) is 0 Å². The van der Waals surface area contributed by atoms with Gasteiger partial charge in [0.15, 0.2) is 0 Å². The molecule has 2 aromatic rings. The molecule has 17 heavy (non-hydrogen) atoms. The van der Waals surface area contributed by atoms with E-state index in [-0.39, 0.29) is 0 Å². The summed E-state index contributed by atoms with van der Waals surface area (Å²) in [6.07, 6.45) is 1.58. The van der Waals surface area contributed by atoms with Crippen molar-refractivity contribution in [3.8, 4) is 11.6 Å². The van der Waals surface area contributed by atoms with Crippen LogP contribution in [0.25, 0.3) is 0 Å². The molecule has 0 bridgehead atoms. The Morgan fingerprint density at radius 2 is 2.00 bits per heavy atom. The molecule has 0 unspecified atom stereocenters. The molecule has 0 spiro atoms. The molecule has 0 amide bonds. The summed E-state index contributed by atoms with van der Waals surface area (Å²) in [6.45, 7) is 0. The first-order chi connectivity index (χ1) is 8.08. The van der Waals surface area contributed by atoms with Gasteiger partial charge in [-0.2, -0.15) is 0 Å². The van der Waals surface area contributed by atoms with Gasteiger partial charge in [-0.3, -0.25) is 0 Å². The smallest absolute Gasteiger partial charge is 0.242 e.